The summed E-state index contributed by atoms with van der Waals surface area (Å²) in [5, 5.41) is 3.38. The van der Waals surface area contributed by atoms with Crippen LogP contribution in [0.15, 0.2) is 60.7 Å². The number of nitrogens with zero attached hydrogens (tertiary/aromatic N) is 1. The van der Waals surface area contributed by atoms with Crippen LogP contribution in [-0.4, -0.2) is 17.7 Å². The van der Waals surface area contributed by atoms with Crippen LogP contribution in [0.25, 0.3) is 0 Å². The average Bonchev–Trinajstić information content (AvgIpc) is 3.37. The fraction of sp³-hybridized carbons (Fsp3) is 0.227. The van der Waals surface area contributed by atoms with Crippen molar-refractivity contribution in [2.24, 2.45) is 23.7 Å². The Kier molecular flexibility index (Phi) is 3.88. The first-order valence-electron chi connectivity index (χ1n) is 9.26. The molecule has 1 aliphatic heterocycles. The molecule has 2 bridgehead atoms. The number of allylic oxidation sites excluding steroid dienone is 2. The largest absolute Gasteiger partial charge is 0.322 e. The van der Waals surface area contributed by atoms with Gasteiger partial charge in [-0.15, -0.1) is 0 Å². The summed E-state index contributed by atoms with van der Waals surface area (Å²) in [6.07, 6.45) is 5.02. The van der Waals surface area contributed by atoms with Gasteiger partial charge in [-0.2, -0.15) is 0 Å². The van der Waals surface area contributed by atoms with E-state index in [0.29, 0.717) is 22.0 Å². The Balaban J connectivity index is 1.40. The summed E-state index contributed by atoms with van der Waals surface area (Å²) in [6.45, 7) is 0. The van der Waals surface area contributed by atoms with Crippen LogP contribution in [0.1, 0.15) is 16.8 Å². The number of halogens is 1. The highest BCUT2D eigenvalue weighted by atomic mass is 35.5. The predicted molar refractivity (Wildman–Crippen MR) is 106 cm³/mol. The van der Waals surface area contributed by atoms with E-state index in [2.05, 4.69) is 17.5 Å². The van der Waals surface area contributed by atoms with Crippen LogP contribution in [0.3, 0.4) is 0 Å². The zero-order valence-corrected chi connectivity index (χ0v) is 15.6. The van der Waals surface area contributed by atoms with Crippen LogP contribution in [-0.2, 0) is 9.59 Å². The lowest BCUT2D eigenvalue weighted by molar-refractivity contribution is -0.123. The standard InChI is InChI=1S/C22H17ClN2O3/c23-15-6-8-16(9-7-15)24-20(26)14-2-1-3-17(11-14)25-21(27)18-12-4-5-13(10-12)19(18)22(25)28/h1-9,11-13,18-19H,10H2,(H,24,26)/t12-,13-,18-,19+/m1/s1. The highest BCUT2D eigenvalue weighted by Gasteiger charge is 2.59. The number of hydrogen-bond acceptors (Lipinski definition) is 3. The lowest BCUT2D eigenvalue weighted by atomic mass is 9.85. The molecule has 1 heterocycles. The first kappa shape index (κ1) is 17.2. The second-order valence-corrected chi connectivity index (χ2v) is 7.96. The quantitative estimate of drug-likeness (QED) is 0.636. The van der Waals surface area contributed by atoms with E-state index in [0.717, 1.165) is 6.42 Å². The lowest BCUT2D eigenvalue weighted by Gasteiger charge is -2.18. The Hall–Kier alpha value is -2.92. The third kappa shape index (κ3) is 2.58. The summed E-state index contributed by atoms with van der Waals surface area (Å²) < 4.78 is 0. The molecule has 28 heavy (non-hydrogen) atoms. The smallest absolute Gasteiger partial charge is 0.255 e. The number of benzene rings is 2. The molecule has 5 nitrogen and oxygen atoms in total. The Morgan fingerprint density at radius 3 is 2.25 bits per heavy atom. The normalized spacial score (nSPS) is 27.4. The Bertz CT molecular complexity index is 1000. The summed E-state index contributed by atoms with van der Waals surface area (Å²) in [4.78, 5) is 39.8. The molecule has 1 saturated carbocycles. The molecule has 0 radical (unpaired) electrons. The van der Waals surface area contributed by atoms with Gasteiger partial charge in [-0.25, -0.2) is 4.90 Å². The van der Waals surface area contributed by atoms with Crippen molar-refractivity contribution in [3.8, 4) is 0 Å². The summed E-state index contributed by atoms with van der Waals surface area (Å²) in [7, 11) is 0. The van der Waals surface area contributed by atoms with Gasteiger partial charge in [0.15, 0.2) is 0 Å². The van der Waals surface area contributed by atoms with E-state index in [9.17, 15) is 14.4 Å². The predicted octanol–water partition coefficient (Wildman–Crippen LogP) is 3.90. The van der Waals surface area contributed by atoms with Crippen LogP contribution in [0.5, 0.6) is 0 Å². The number of carbonyl (C=O) groups excluding carboxylic acids is 3. The second kappa shape index (κ2) is 6.31. The van der Waals surface area contributed by atoms with Gasteiger partial charge in [-0.05, 0) is 60.7 Å². The van der Waals surface area contributed by atoms with Crippen LogP contribution in [0.2, 0.25) is 5.02 Å². The number of amides is 3. The van der Waals surface area contributed by atoms with Crippen molar-refractivity contribution in [1.82, 2.24) is 0 Å². The van der Waals surface area contributed by atoms with Gasteiger partial charge in [0.2, 0.25) is 11.8 Å². The molecule has 4 atom stereocenters. The van der Waals surface area contributed by atoms with E-state index in [1.54, 1.807) is 48.5 Å². The lowest BCUT2D eigenvalue weighted by Crippen LogP contribution is -2.33. The maximum Gasteiger partial charge on any atom is 0.255 e. The fourth-order valence-corrected chi connectivity index (χ4v) is 4.81. The van der Waals surface area contributed by atoms with Crippen LogP contribution in [0.4, 0.5) is 11.4 Å². The Labute approximate surface area is 167 Å². The number of rotatable bonds is 3. The summed E-state index contributed by atoms with van der Waals surface area (Å²) in [6, 6.07) is 13.4. The number of nitrogens with one attached hydrogen (secondary N) is 1. The molecule has 2 aromatic carbocycles. The molecule has 1 N–H and O–H groups in total. The van der Waals surface area contributed by atoms with Gasteiger partial charge < -0.3 is 5.32 Å². The molecule has 2 aromatic rings. The monoisotopic (exact) mass is 392 g/mol. The van der Waals surface area contributed by atoms with E-state index in [4.69, 9.17) is 11.6 Å². The third-order valence-electron chi connectivity index (χ3n) is 5.94. The van der Waals surface area contributed by atoms with Crippen LogP contribution < -0.4 is 10.2 Å². The van der Waals surface area contributed by atoms with E-state index in [1.807, 2.05) is 0 Å². The van der Waals surface area contributed by atoms with Crippen LogP contribution >= 0.6 is 11.6 Å². The van der Waals surface area contributed by atoms with Gasteiger partial charge in [0.1, 0.15) is 0 Å². The molecule has 3 aliphatic rings. The SMILES string of the molecule is O=C(Nc1ccc(Cl)cc1)c1cccc(N2C(=O)[C@@H]3[C@H](C2=O)[C@@H]2C=C[C@@H]3C2)c1. The molecule has 3 amide bonds. The minimum atomic E-state index is -0.315. The van der Waals surface area contributed by atoms with Crippen LogP contribution in [0, 0.1) is 23.7 Å². The number of fused-ring (bicyclic) bond motifs is 5. The minimum Gasteiger partial charge on any atom is -0.322 e. The van der Waals surface area contributed by atoms with Gasteiger partial charge >= 0.3 is 0 Å². The third-order valence-corrected chi connectivity index (χ3v) is 6.19. The zero-order valence-electron chi connectivity index (χ0n) is 14.8. The fourth-order valence-electron chi connectivity index (χ4n) is 4.68. The molecule has 0 aromatic heterocycles. The zero-order chi connectivity index (χ0) is 19.4. The van der Waals surface area contributed by atoms with Crippen molar-refractivity contribution in [3.63, 3.8) is 0 Å². The second-order valence-electron chi connectivity index (χ2n) is 7.52. The Morgan fingerprint density at radius 1 is 0.964 bits per heavy atom. The summed E-state index contributed by atoms with van der Waals surface area (Å²) in [5.74, 6) is -0.807. The van der Waals surface area contributed by atoms with Gasteiger partial charge in [0.25, 0.3) is 5.91 Å². The molecule has 6 heteroatoms. The summed E-state index contributed by atoms with van der Waals surface area (Å²) >= 11 is 5.86. The minimum absolute atomic E-state index is 0.151. The molecule has 1 saturated heterocycles. The first-order valence-corrected chi connectivity index (χ1v) is 9.64. The highest BCUT2D eigenvalue weighted by molar-refractivity contribution is 6.30. The Morgan fingerprint density at radius 2 is 1.61 bits per heavy atom. The first-order chi connectivity index (χ1) is 13.5. The molecule has 2 fully saturated rings. The molecule has 5 rings (SSSR count). The number of carbonyl (C=O) groups is 3. The summed E-state index contributed by atoms with van der Waals surface area (Å²) in [5.41, 5.74) is 1.45. The molecule has 0 unspecified atom stereocenters. The molecule has 0 spiro atoms. The number of anilines is 2. The van der Waals surface area contributed by atoms with E-state index in [1.165, 1.54) is 4.90 Å². The van der Waals surface area contributed by atoms with Crippen molar-refractivity contribution >= 4 is 40.7 Å². The van der Waals surface area contributed by atoms with Crippen molar-refractivity contribution in [2.45, 2.75) is 6.42 Å². The van der Waals surface area contributed by atoms with Gasteiger partial charge in [-0.1, -0.05) is 29.8 Å². The van der Waals surface area contributed by atoms with Crippen molar-refractivity contribution in [2.75, 3.05) is 10.2 Å². The van der Waals surface area contributed by atoms with Gasteiger partial charge in [0, 0.05) is 16.3 Å². The molecule has 140 valence electrons. The average molecular weight is 393 g/mol. The van der Waals surface area contributed by atoms with E-state index in [-0.39, 0.29) is 41.4 Å². The van der Waals surface area contributed by atoms with Gasteiger partial charge in [0.05, 0.1) is 17.5 Å². The molecular formula is C22H17ClN2O3. The highest BCUT2D eigenvalue weighted by Crippen LogP contribution is 2.53. The molecule has 2 aliphatic carbocycles. The number of hydrogen-bond donors (Lipinski definition) is 1. The van der Waals surface area contributed by atoms with Crippen molar-refractivity contribution in [3.05, 3.63) is 71.3 Å². The maximum atomic E-state index is 12.9. The van der Waals surface area contributed by atoms with Crippen molar-refractivity contribution in [1.29, 1.82) is 0 Å². The number of imide groups is 1. The van der Waals surface area contributed by atoms with E-state index >= 15 is 0 Å². The van der Waals surface area contributed by atoms with Gasteiger partial charge in [-0.3, -0.25) is 14.4 Å². The van der Waals surface area contributed by atoms with Crippen molar-refractivity contribution < 1.29 is 14.4 Å². The maximum absolute atomic E-state index is 12.9. The van der Waals surface area contributed by atoms with E-state index < -0.39 is 0 Å². The molecular weight excluding hydrogens is 376 g/mol. The topological polar surface area (TPSA) is 66.5 Å².